The van der Waals surface area contributed by atoms with Crippen molar-refractivity contribution in [1.82, 2.24) is 4.98 Å². The van der Waals surface area contributed by atoms with E-state index in [0.717, 1.165) is 0 Å². The molecule has 0 aliphatic heterocycles. The lowest BCUT2D eigenvalue weighted by atomic mass is 10.1. The number of hydrogen-bond donors (Lipinski definition) is 1. The third kappa shape index (κ3) is 2.83. The van der Waals surface area contributed by atoms with Gasteiger partial charge in [0.2, 0.25) is 5.91 Å². The SMILES string of the molecule is Cc1ncsc1C(COC(=O)N=O)C(N)=O. The van der Waals surface area contributed by atoms with Gasteiger partial charge in [0, 0.05) is 4.88 Å². The van der Waals surface area contributed by atoms with Crippen LogP contribution < -0.4 is 5.73 Å². The molecule has 0 saturated heterocycles. The topological polar surface area (TPSA) is 112 Å². The standard InChI is InChI=1S/C8H9N3O4S/c1-4-6(16-3-10-4)5(7(9)12)2-15-8(13)11-14/h3,5H,2H2,1H3,(H2,9,12). The highest BCUT2D eigenvalue weighted by molar-refractivity contribution is 7.10. The highest BCUT2D eigenvalue weighted by Crippen LogP contribution is 2.23. The van der Waals surface area contributed by atoms with Crippen LogP contribution in [-0.2, 0) is 9.53 Å². The number of aryl methyl sites for hydroxylation is 1. The van der Waals surface area contributed by atoms with E-state index < -0.39 is 17.9 Å². The van der Waals surface area contributed by atoms with E-state index in [2.05, 4.69) is 9.72 Å². The molecule has 0 spiro atoms. The van der Waals surface area contributed by atoms with Crippen molar-refractivity contribution in [3.05, 3.63) is 21.0 Å². The Bertz CT molecular complexity index is 417. The molecule has 86 valence electrons. The first-order valence-corrected chi connectivity index (χ1v) is 5.13. The van der Waals surface area contributed by atoms with E-state index in [1.807, 2.05) is 5.18 Å². The molecule has 0 aromatic carbocycles. The van der Waals surface area contributed by atoms with Crippen LogP contribution in [0.1, 0.15) is 16.5 Å². The molecule has 1 aromatic heterocycles. The summed E-state index contributed by atoms with van der Waals surface area (Å²) in [6, 6.07) is 0. The third-order valence-electron chi connectivity index (χ3n) is 1.89. The predicted molar refractivity (Wildman–Crippen MR) is 55.9 cm³/mol. The molecule has 1 atom stereocenters. The van der Waals surface area contributed by atoms with E-state index in [-0.39, 0.29) is 6.61 Å². The lowest BCUT2D eigenvalue weighted by molar-refractivity contribution is -0.120. The fourth-order valence-corrected chi connectivity index (χ4v) is 2.01. The molecule has 0 radical (unpaired) electrons. The second-order valence-corrected chi connectivity index (χ2v) is 3.81. The number of carbonyl (C=O) groups excluding carboxylic acids is 2. The number of nitroso groups, excluding NO2 is 1. The molecule has 7 nitrogen and oxygen atoms in total. The summed E-state index contributed by atoms with van der Waals surface area (Å²) in [5.41, 5.74) is 7.36. The molecule has 0 aliphatic carbocycles. The summed E-state index contributed by atoms with van der Waals surface area (Å²) in [4.78, 5) is 36.0. The molecule has 2 N–H and O–H groups in total. The molecule has 1 heterocycles. The van der Waals surface area contributed by atoms with E-state index in [1.165, 1.54) is 11.3 Å². The van der Waals surface area contributed by atoms with E-state index in [0.29, 0.717) is 10.6 Å². The Hall–Kier alpha value is -1.83. The molecule has 8 heteroatoms. The zero-order valence-corrected chi connectivity index (χ0v) is 9.19. The van der Waals surface area contributed by atoms with Gasteiger partial charge >= 0.3 is 6.09 Å². The van der Waals surface area contributed by atoms with Crippen molar-refractivity contribution in [2.45, 2.75) is 12.8 Å². The minimum absolute atomic E-state index is 0.303. The van der Waals surface area contributed by atoms with Gasteiger partial charge in [-0.2, -0.15) is 0 Å². The first kappa shape index (κ1) is 12.2. The fraction of sp³-hybridized carbons (Fsp3) is 0.375. The van der Waals surface area contributed by atoms with Gasteiger partial charge in [-0.3, -0.25) is 4.79 Å². The predicted octanol–water partition coefficient (Wildman–Crippen LogP) is 0.923. The maximum atomic E-state index is 11.2. The van der Waals surface area contributed by atoms with Crippen molar-refractivity contribution in [2.24, 2.45) is 10.9 Å². The van der Waals surface area contributed by atoms with E-state index >= 15 is 0 Å². The van der Waals surface area contributed by atoms with Crippen LogP contribution in [0.4, 0.5) is 4.79 Å². The second-order valence-electron chi connectivity index (χ2n) is 2.93. The molecule has 1 unspecified atom stereocenters. The zero-order valence-electron chi connectivity index (χ0n) is 8.37. The Morgan fingerprint density at radius 2 is 2.38 bits per heavy atom. The molecule has 0 bridgehead atoms. The number of ether oxygens (including phenoxy) is 1. The molecule has 16 heavy (non-hydrogen) atoms. The smallest absolute Gasteiger partial charge is 0.445 e. The quantitative estimate of drug-likeness (QED) is 0.790. The maximum absolute atomic E-state index is 11.2. The van der Waals surface area contributed by atoms with Crippen LogP contribution in [0, 0.1) is 11.8 Å². The lowest BCUT2D eigenvalue weighted by Gasteiger charge is -2.10. The monoisotopic (exact) mass is 243 g/mol. The van der Waals surface area contributed by atoms with Crippen LogP contribution in [0.3, 0.4) is 0 Å². The summed E-state index contributed by atoms with van der Waals surface area (Å²) in [6.07, 6.45) is -1.27. The highest BCUT2D eigenvalue weighted by Gasteiger charge is 2.23. The van der Waals surface area contributed by atoms with Crippen molar-refractivity contribution in [3.63, 3.8) is 0 Å². The van der Waals surface area contributed by atoms with Crippen molar-refractivity contribution < 1.29 is 14.3 Å². The van der Waals surface area contributed by atoms with Gasteiger partial charge in [-0.05, 0) is 6.92 Å². The fourth-order valence-electron chi connectivity index (χ4n) is 1.11. The van der Waals surface area contributed by atoms with Gasteiger partial charge in [-0.25, -0.2) is 9.78 Å². The van der Waals surface area contributed by atoms with Crippen molar-refractivity contribution >= 4 is 23.3 Å². The normalized spacial score (nSPS) is 11.8. The Morgan fingerprint density at radius 3 is 2.81 bits per heavy atom. The number of amides is 2. The number of thiazole rings is 1. The molecule has 0 fully saturated rings. The summed E-state index contributed by atoms with van der Waals surface area (Å²) >= 11 is 1.23. The van der Waals surface area contributed by atoms with Gasteiger partial charge in [0.25, 0.3) is 0 Å². The molecule has 0 aliphatic rings. The summed E-state index contributed by atoms with van der Waals surface area (Å²) < 4.78 is 4.45. The van der Waals surface area contributed by atoms with Crippen LogP contribution in [0.2, 0.25) is 0 Å². The largest absolute Gasteiger partial charge is 0.470 e. The summed E-state index contributed by atoms with van der Waals surface area (Å²) in [5, 5.41) is 2.05. The van der Waals surface area contributed by atoms with Crippen molar-refractivity contribution in [3.8, 4) is 0 Å². The van der Waals surface area contributed by atoms with Crippen LogP contribution >= 0.6 is 11.3 Å². The number of hydrogen-bond acceptors (Lipinski definition) is 6. The maximum Gasteiger partial charge on any atom is 0.470 e. The van der Waals surface area contributed by atoms with Crippen molar-refractivity contribution in [1.29, 1.82) is 0 Å². The molecular weight excluding hydrogens is 234 g/mol. The van der Waals surface area contributed by atoms with Crippen LogP contribution in [0.15, 0.2) is 10.7 Å². The lowest BCUT2D eigenvalue weighted by Crippen LogP contribution is -2.26. The number of nitrogens with two attached hydrogens (primary N) is 1. The number of rotatable bonds is 4. The summed E-state index contributed by atoms with van der Waals surface area (Å²) in [6.45, 7) is 1.41. The second kappa shape index (κ2) is 5.31. The highest BCUT2D eigenvalue weighted by atomic mass is 32.1. The molecule has 1 rings (SSSR count). The molecule has 1 aromatic rings. The average molecular weight is 243 g/mol. The van der Waals surface area contributed by atoms with Gasteiger partial charge in [-0.15, -0.1) is 16.2 Å². The van der Waals surface area contributed by atoms with Gasteiger partial charge in [0.15, 0.2) is 0 Å². The Balaban J connectivity index is 2.77. The number of aromatic nitrogens is 1. The van der Waals surface area contributed by atoms with Crippen LogP contribution in [0.5, 0.6) is 0 Å². The summed E-state index contributed by atoms with van der Waals surface area (Å²) in [7, 11) is 0. The van der Waals surface area contributed by atoms with Gasteiger partial charge in [0.05, 0.1) is 16.4 Å². The van der Waals surface area contributed by atoms with Crippen LogP contribution in [0.25, 0.3) is 0 Å². The number of nitrogens with zero attached hydrogens (tertiary/aromatic N) is 2. The van der Waals surface area contributed by atoms with Gasteiger partial charge < -0.3 is 10.5 Å². The van der Waals surface area contributed by atoms with Gasteiger partial charge in [-0.1, -0.05) is 0 Å². The minimum Gasteiger partial charge on any atom is -0.445 e. The zero-order chi connectivity index (χ0) is 12.1. The minimum atomic E-state index is -1.27. The first-order chi connectivity index (χ1) is 7.56. The van der Waals surface area contributed by atoms with Crippen LogP contribution in [-0.4, -0.2) is 23.6 Å². The molecule has 0 saturated carbocycles. The van der Waals surface area contributed by atoms with Crippen molar-refractivity contribution in [2.75, 3.05) is 6.61 Å². The Labute approximate surface area is 94.6 Å². The van der Waals surface area contributed by atoms with Gasteiger partial charge in [0.1, 0.15) is 12.5 Å². The third-order valence-corrected chi connectivity index (χ3v) is 2.94. The average Bonchev–Trinajstić information content (AvgIpc) is 2.64. The first-order valence-electron chi connectivity index (χ1n) is 4.25. The van der Waals surface area contributed by atoms with E-state index in [4.69, 9.17) is 5.73 Å². The number of primary amides is 1. The Kier molecular flexibility index (Phi) is 4.06. The number of carbonyl (C=O) groups is 2. The Morgan fingerprint density at radius 1 is 1.69 bits per heavy atom. The summed E-state index contributed by atoms with van der Waals surface area (Å²) in [5.74, 6) is -1.44. The molecular formula is C8H9N3O4S. The van der Waals surface area contributed by atoms with E-state index in [9.17, 15) is 14.5 Å². The van der Waals surface area contributed by atoms with E-state index in [1.54, 1.807) is 12.4 Å². The molecule has 2 amide bonds.